The molecule has 84 valence electrons. The fraction of sp³-hybridized carbons (Fsp3) is 0.769. The van der Waals surface area contributed by atoms with E-state index < -0.39 is 0 Å². The normalized spacial score (nSPS) is 27.5. The van der Waals surface area contributed by atoms with E-state index in [1.54, 1.807) is 0 Å². The molecule has 15 heavy (non-hydrogen) atoms. The Balaban J connectivity index is 1.90. The van der Waals surface area contributed by atoms with Gasteiger partial charge in [0.2, 0.25) is 5.91 Å². The molecule has 2 aliphatic rings. The Hall–Kier alpha value is -0.790. The number of carbonyl (C=O) groups is 1. The van der Waals surface area contributed by atoms with E-state index in [0.717, 1.165) is 32.4 Å². The predicted octanol–water partition coefficient (Wildman–Crippen LogP) is 2.75. The molecule has 0 aromatic rings. The van der Waals surface area contributed by atoms with Crippen LogP contribution in [0.25, 0.3) is 0 Å². The Morgan fingerprint density at radius 2 is 1.80 bits per heavy atom. The molecule has 2 nitrogen and oxygen atoms in total. The first-order valence-electron chi connectivity index (χ1n) is 6.32. The van der Waals surface area contributed by atoms with Gasteiger partial charge in [-0.15, -0.1) is 0 Å². The van der Waals surface area contributed by atoms with E-state index in [9.17, 15) is 4.79 Å². The summed E-state index contributed by atoms with van der Waals surface area (Å²) in [6, 6.07) is 0. The standard InChI is InChI=1S/C13H21NO/c15-13(12-8-4-3-5-9-12)14-10-6-1-2-7-11-14/h3-4,12H,1-2,5-11H2/t12-/m1/s1. The van der Waals surface area contributed by atoms with Crippen LogP contribution in [0, 0.1) is 5.92 Å². The quantitative estimate of drug-likeness (QED) is 0.605. The van der Waals surface area contributed by atoms with Crippen LogP contribution in [-0.2, 0) is 4.79 Å². The molecule has 1 fully saturated rings. The van der Waals surface area contributed by atoms with Crippen LogP contribution in [0.3, 0.4) is 0 Å². The summed E-state index contributed by atoms with van der Waals surface area (Å²) in [5.74, 6) is 0.703. The number of carbonyl (C=O) groups excluding carboxylic acids is 1. The Bertz CT molecular complexity index is 239. The van der Waals surface area contributed by atoms with Crippen LogP contribution in [-0.4, -0.2) is 23.9 Å². The molecule has 0 aromatic carbocycles. The van der Waals surface area contributed by atoms with Crippen molar-refractivity contribution in [3.8, 4) is 0 Å². The second-order valence-corrected chi connectivity index (χ2v) is 4.72. The zero-order chi connectivity index (χ0) is 10.5. The average molecular weight is 207 g/mol. The van der Waals surface area contributed by atoms with Crippen molar-refractivity contribution in [3.05, 3.63) is 12.2 Å². The van der Waals surface area contributed by atoms with Gasteiger partial charge >= 0.3 is 0 Å². The first-order valence-corrected chi connectivity index (χ1v) is 6.32. The van der Waals surface area contributed by atoms with E-state index >= 15 is 0 Å². The van der Waals surface area contributed by atoms with E-state index in [2.05, 4.69) is 17.1 Å². The maximum atomic E-state index is 12.2. The Morgan fingerprint density at radius 1 is 1.07 bits per heavy atom. The van der Waals surface area contributed by atoms with Gasteiger partial charge in [-0.1, -0.05) is 25.0 Å². The summed E-state index contributed by atoms with van der Waals surface area (Å²) in [7, 11) is 0. The van der Waals surface area contributed by atoms with Crippen LogP contribution in [0.15, 0.2) is 12.2 Å². The van der Waals surface area contributed by atoms with Gasteiger partial charge in [-0.2, -0.15) is 0 Å². The molecular weight excluding hydrogens is 186 g/mol. The van der Waals surface area contributed by atoms with Crippen molar-refractivity contribution < 1.29 is 4.79 Å². The fourth-order valence-electron chi connectivity index (χ4n) is 2.57. The molecule has 0 saturated carbocycles. The number of hydrogen-bond acceptors (Lipinski definition) is 1. The van der Waals surface area contributed by atoms with Gasteiger partial charge in [0.25, 0.3) is 0 Å². The highest BCUT2D eigenvalue weighted by molar-refractivity contribution is 5.79. The molecule has 1 atom stereocenters. The second kappa shape index (κ2) is 5.34. The molecule has 2 rings (SSSR count). The summed E-state index contributed by atoms with van der Waals surface area (Å²) in [4.78, 5) is 14.3. The van der Waals surface area contributed by atoms with Gasteiger partial charge in [0.15, 0.2) is 0 Å². The first-order chi connectivity index (χ1) is 7.38. The van der Waals surface area contributed by atoms with E-state index in [-0.39, 0.29) is 5.92 Å². The fourth-order valence-corrected chi connectivity index (χ4v) is 2.57. The van der Waals surface area contributed by atoms with Crippen molar-refractivity contribution in [2.75, 3.05) is 13.1 Å². The molecule has 2 heteroatoms. The Morgan fingerprint density at radius 3 is 2.40 bits per heavy atom. The van der Waals surface area contributed by atoms with Crippen LogP contribution < -0.4 is 0 Å². The molecule has 1 heterocycles. The third kappa shape index (κ3) is 2.83. The molecule has 1 aliphatic carbocycles. The zero-order valence-electron chi connectivity index (χ0n) is 9.45. The highest BCUT2D eigenvalue weighted by Gasteiger charge is 2.24. The summed E-state index contributed by atoms with van der Waals surface area (Å²) in [5.41, 5.74) is 0. The van der Waals surface area contributed by atoms with Gasteiger partial charge in [-0.3, -0.25) is 4.79 Å². The number of allylic oxidation sites excluding steroid dienone is 2. The molecule has 0 bridgehead atoms. The van der Waals surface area contributed by atoms with Crippen molar-refractivity contribution in [1.82, 2.24) is 4.90 Å². The molecule has 0 radical (unpaired) electrons. The minimum atomic E-state index is 0.285. The Labute approximate surface area is 92.3 Å². The minimum absolute atomic E-state index is 0.285. The van der Waals surface area contributed by atoms with Crippen molar-refractivity contribution in [2.45, 2.75) is 44.9 Å². The molecule has 1 saturated heterocycles. The SMILES string of the molecule is O=C([C@@H]1CC=CCC1)N1CCCCCC1. The molecular formula is C13H21NO. The first kappa shape index (κ1) is 10.7. The number of amides is 1. The summed E-state index contributed by atoms with van der Waals surface area (Å²) < 4.78 is 0. The van der Waals surface area contributed by atoms with Gasteiger partial charge in [0, 0.05) is 19.0 Å². The lowest BCUT2D eigenvalue weighted by Gasteiger charge is -2.26. The lowest BCUT2D eigenvalue weighted by molar-refractivity contribution is -0.135. The number of rotatable bonds is 1. The van der Waals surface area contributed by atoms with Crippen molar-refractivity contribution >= 4 is 5.91 Å². The predicted molar refractivity (Wildman–Crippen MR) is 61.5 cm³/mol. The number of hydrogen-bond donors (Lipinski definition) is 0. The minimum Gasteiger partial charge on any atom is -0.342 e. The van der Waals surface area contributed by atoms with Crippen LogP contribution in [0.4, 0.5) is 0 Å². The molecule has 0 N–H and O–H groups in total. The molecule has 1 amide bonds. The summed E-state index contributed by atoms with van der Waals surface area (Å²) >= 11 is 0. The van der Waals surface area contributed by atoms with Crippen LogP contribution in [0.1, 0.15) is 44.9 Å². The molecule has 0 spiro atoms. The van der Waals surface area contributed by atoms with Gasteiger partial charge in [-0.05, 0) is 32.1 Å². The largest absolute Gasteiger partial charge is 0.342 e. The van der Waals surface area contributed by atoms with E-state index in [4.69, 9.17) is 0 Å². The van der Waals surface area contributed by atoms with Gasteiger partial charge < -0.3 is 4.90 Å². The highest BCUT2D eigenvalue weighted by Crippen LogP contribution is 2.22. The maximum absolute atomic E-state index is 12.2. The molecule has 0 unspecified atom stereocenters. The van der Waals surface area contributed by atoms with E-state index in [1.165, 1.54) is 25.7 Å². The lowest BCUT2D eigenvalue weighted by atomic mass is 9.93. The van der Waals surface area contributed by atoms with Gasteiger partial charge in [0.05, 0.1) is 0 Å². The monoisotopic (exact) mass is 207 g/mol. The average Bonchev–Trinajstić information content (AvgIpc) is 2.58. The van der Waals surface area contributed by atoms with E-state index in [1.807, 2.05) is 0 Å². The number of nitrogens with zero attached hydrogens (tertiary/aromatic N) is 1. The van der Waals surface area contributed by atoms with Crippen LogP contribution in [0.5, 0.6) is 0 Å². The van der Waals surface area contributed by atoms with Crippen molar-refractivity contribution in [1.29, 1.82) is 0 Å². The zero-order valence-corrected chi connectivity index (χ0v) is 9.45. The topological polar surface area (TPSA) is 20.3 Å². The van der Waals surface area contributed by atoms with Gasteiger partial charge in [0.1, 0.15) is 0 Å². The van der Waals surface area contributed by atoms with Crippen LogP contribution >= 0.6 is 0 Å². The number of likely N-dealkylation sites (tertiary alicyclic amines) is 1. The molecule has 0 aromatic heterocycles. The van der Waals surface area contributed by atoms with Crippen molar-refractivity contribution in [3.63, 3.8) is 0 Å². The summed E-state index contributed by atoms with van der Waals surface area (Å²) in [6.45, 7) is 2.00. The third-order valence-corrected chi connectivity index (χ3v) is 3.54. The lowest BCUT2D eigenvalue weighted by Crippen LogP contribution is -2.37. The maximum Gasteiger partial charge on any atom is 0.226 e. The van der Waals surface area contributed by atoms with E-state index in [0.29, 0.717) is 5.91 Å². The second-order valence-electron chi connectivity index (χ2n) is 4.72. The Kier molecular flexibility index (Phi) is 3.81. The highest BCUT2D eigenvalue weighted by atomic mass is 16.2. The summed E-state index contributed by atoms with van der Waals surface area (Å²) in [5, 5.41) is 0. The van der Waals surface area contributed by atoms with Crippen LogP contribution in [0.2, 0.25) is 0 Å². The molecule has 1 aliphatic heterocycles. The van der Waals surface area contributed by atoms with Gasteiger partial charge in [-0.25, -0.2) is 0 Å². The summed E-state index contributed by atoms with van der Waals surface area (Å²) in [6.07, 6.45) is 12.5. The third-order valence-electron chi connectivity index (χ3n) is 3.54. The smallest absolute Gasteiger partial charge is 0.226 e. The van der Waals surface area contributed by atoms with Crippen molar-refractivity contribution in [2.24, 2.45) is 5.92 Å².